The molecule has 0 aliphatic rings. The van der Waals surface area contributed by atoms with E-state index in [0.717, 1.165) is 22.5 Å². The van der Waals surface area contributed by atoms with Crippen molar-refractivity contribution >= 4 is 40.3 Å². The first kappa shape index (κ1) is 19.0. The van der Waals surface area contributed by atoms with Crippen molar-refractivity contribution in [3.8, 4) is 22.6 Å². The molecule has 3 aromatic carbocycles. The monoisotopic (exact) mass is 398 g/mol. The van der Waals surface area contributed by atoms with E-state index >= 15 is 0 Å². The van der Waals surface area contributed by atoms with Gasteiger partial charge >= 0.3 is 0 Å². The number of halogens is 1. The molecule has 27 heavy (non-hydrogen) atoms. The number of methoxy groups -OCH3 is 2. The number of hydrogen-bond donors (Lipinski definition) is 2. The summed E-state index contributed by atoms with van der Waals surface area (Å²) in [5, 5.41) is 7.25. The normalized spacial score (nSPS) is 10.2. The van der Waals surface area contributed by atoms with Gasteiger partial charge in [0.25, 0.3) is 0 Å². The Labute approximate surface area is 169 Å². The van der Waals surface area contributed by atoms with Crippen LogP contribution in [0.1, 0.15) is 0 Å². The molecule has 0 spiro atoms. The quantitative estimate of drug-likeness (QED) is 0.529. The van der Waals surface area contributed by atoms with E-state index in [0.29, 0.717) is 21.6 Å². The Morgan fingerprint density at radius 2 is 1.52 bits per heavy atom. The molecular weight excluding hydrogens is 380 g/mol. The second-order valence-corrected chi connectivity index (χ2v) is 6.52. The van der Waals surface area contributed by atoms with Crippen molar-refractivity contribution in [3.63, 3.8) is 0 Å². The summed E-state index contributed by atoms with van der Waals surface area (Å²) in [6, 6.07) is 21.4. The zero-order valence-electron chi connectivity index (χ0n) is 15.0. The lowest BCUT2D eigenvalue weighted by Gasteiger charge is -2.15. The first-order valence-electron chi connectivity index (χ1n) is 8.25. The van der Waals surface area contributed by atoms with Crippen molar-refractivity contribution in [2.75, 3.05) is 24.9 Å². The third-order valence-electron chi connectivity index (χ3n) is 3.96. The molecule has 0 aliphatic heterocycles. The second-order valence-electron chi connectivity index (χ2n) is 5.71. The Bertz CT molecular complexity index is 948. The fourth-order valence-corrected chi connectivity index (χ4v) is 3.13. The lowest BCUT2D eigenvalue weighted by molar-refractivity contribution is 0.415. The molecule has 0 saturated carbocycles. The number of anilines is 2. The fourth-order valence-electron chi connectivity index (χ4n) is 2.64. The molecule has 0 aliphatic carbocycles. The molecule has 2 N–H and O–H groups in total. The van der Waals surface area contributed by atoms with Crippen LogP contribution in [-0.2, 0) is 0 Å². The Morgan fingerprint density at radius 1 is 0.815 bits per heavy atom. The van der Waals surface area contributed by atoms with E-state index in [4.69, 9.17) is 33.3 Å². The number of rotatable bonds is 5. The second kappa shape index (κ2) is 8.75. The lowest BCUT2D eigenvalue weighted by Crippen LogP contribution is -2.19. The average Bonchev–Trinajstić information content (AvgIpc) is 2.68. The molecule has 0 saturated heterocycles. The summed E-state index contributed by atoms with van der Waals surface area (Å²) in [6.07, 6.45) is 0. The van der Waals surface area contributed by atoms with Gasteiger partial charge in [0.05, 0.1) is 24.9 Å². The Kier molecular flexibility index (Phi) is 6.16. The van der Waals surface area contributed by atoms with Gasteiger partial charge in [-0.05, 0) is 53.7 Å². The minimum Gasteiger partial charge on any atom is -0.495 e. The Balaban J connectivity index is 1.79. The zero-order valence-corrected chi connectivity index (χ0v) is 16.5. The van der Waals surface area contributed by atoms with Crippen LogP contribution in [-0.4, -0.2) is 19.3 Å². The lowest BCUT2D eigenvalue weighted by atomic mass is 10.0. The predicted molar refractivity (Wildman–Crippen MR) is 116 cm³/mol. The largest absolute Gasteiger partial charge is 0.495 e. The maximum Gasteiger partial charge on any atom is 0.175 e. The van der Waals surface area contributed by atoms with Gasteiger partial charge in [0.2, 0.25) is 0 Å². The molecule has 3 aromatic rings. The van der Waals surface area contributed by atoms with Crippen LogP contribution in [0.15, 0.2) is 66.7 Å². The maximum absolute atomic E-state index is 6.16. The summed E-state index contributed by atoms with van der Waals surface area (Å²) in [4.78, 5) is 0. The van der Waals surface area contributed by atoms with Crippen LogP contribution in [0.5, 0.6) is 11.5 Å². The third kappa shape index (κ3) is 4.70. The maximum atomic E-state index is 6.16. The first-order chi connectivity index (χ1) is 13.1. The molecule has 0 atom stereocenters. The van der Waals surface area contributed by atoms with Crippen molar-refractivity contribution in [2.45, 2.75) is 0 Å². The number of hydrogen-bond acceptors (Lipinski definition) is 3. The van der Waals surface area contributed by atoms with Crippen LogP contribution in [0.3, 0.4) is 0 Å². The smallest absolute Gasteiger partial charge is 0.175 e. The summed E-state index contributed by atoms with van der Waals surface area (Å²) in [5.41, 5.74) is 3.71. The topological polar surface area (TPSA) is 42.5 Å². The third-order valence-corrected chi connectivity index (χ3v) is 4.46. The molecule has 0 aromatic heterocycles. The summed E-state index contributed by atoms with van der Waals surface area (Å²) < 4.78 is 10.6. The minimum atomic E-state index is 0.430. The van der Waals surface area contributed by atoms with Gasteiger partial charge in [0.1, 0.15) is 11.5 Å². The van der Waals surface area contributed by atoms with Gasteiger partial charge in [-0.2, -0.15) is 0 Å². The molecule has 0 bridgehead atoms. The van der Waals surface area contributed by atoms with Crippen molar-refractivity contribution in [2.24, 2.45) is 0 Å². The van der Waals surface area contributed by atoms with Crippen molar-refractivity contribution in [3.05, 3.63) is 71.8 Å². The first-order valence-corrected chi connectivity index (χ1v) is 9.04. The van der Waals surface area contributed by atoms with Gasteiger partial charge in [0, 0.05) is 5.69 Å². The molecule has 138 valence electrons. The highest BCUT2D eigenvalue weighted by Crippen LogP contribution is 2.31. The molecule has 0 amide bonds. The van der Waals surface area contributed by atoms with Crippen LogP contribution < -0.4 is 20.1 Å². The Hall–Kier alpha value is -2.76. The highest BCUT2D eigenvalue weighted by atomic mass is 35.5. The van der Waals surface area contributed by atoms with Crippen LogP contribution in [0.4, 0.5) is 11.4 Å². The minimum absolute atomic E-state index is 0.430. The number of benzene rings is 3. The molecule has 0 unspecified atom stereocenters. The van der Waals surface area contributed by atoms with E-state index in [1.54, 1.807) is 26.4 Å². The fraction of sp³-hybridized carbons (Fsp3) is 0.0952. The van der Waals surface area contributed by atoms with E-state index in [2.05, 4.69) is 22.8 Å². The van der Waals surface area contributed by atoms with Crippen LogP contribution >= 0.6 is 23.8 Å². The highest BCUT2D eigenvalue weighted by Gasteiger charge is 2.09. The molecule has 0 heterocycles. The molecule has 0 fully saturated rings. The van der Waals surface area contributed by atoms with Gasteiger partial charge in [0.15, 0.2) is 5.11 Å². The summed E-state index contributed by atoms with van der Waals surface area (Å²) >= 11 is 11.6. The van der Waals surface area contributed by atoms with Crippen LogP contribution in [0, 0.1) is 0 Å². The number of thiocarbonyl (C=S) groups is 1. The van der Waals surface area contributed by atoms with E-state index < -0.39 is 0 Å². The zero-order chi connectivity index (χ0) is 19.2. The van der Waals surface area contributed by atoms with Crippen molar-refractivity contribution in [1.29, 1.82) is 0 Å². The van der Waals surface area contributed by atoms with Crippen molar-refractivity contribution in [1.82, 2.24) is 0 Å². The van der Waals surface area contributed by atoms with Gasteiger partial charge in [-0.15, -0.1) is 0 Å². The molecule has 4 nitrogen and oxygen atoms in total. The predicted octanol–water partition coefficient (Wildman–Crippen LogP) is 5.83. The number of ether oxygens (including phenoxy) is 2. The average molecular weight is 399 g/mol. The van der Waals surface area contributed by atoms with Crippen molar-refractivity contribution < 1.29 is 9.47 Å². The van der Waals surface area contributed by atoms with E-state index in [-0.39, 0.29) is 0 Å². The van der Waals surface area contributed by atoms with Gasteiger partial charge in [-0.1, -0.05) is 48.0 Å². The van der Waals surface area contributed by atoms with E-state index in [1.165, 1.54) is 0 Å². The van der Waals surface area contributed by atoms with E-state index in [1.807, 2.05) is 42.5 Å². The molecule has 3 rings (SSSR count). The van der Waals surface area contributed by atoms with Gasteiger partial charge in [-0.3, -0.25) is 0 Å². The van der Waals surface area contributed by atoms with Crippen LogP contribution in [0.25, 0.3) is 11.1 Å². The highest BCUT2D eigenvalue weighted by molar-refractivity contribution is 7.80. The SMILES string of the molecule is COc1ccc(NC(=S)Nc2cc(-c3ccccc3)ccc2OC)cc1Cl. The number of nitrogens with one attached hydrogen (secondary N) is 2. The van der Waals surface area contributed by atoms with E-state index in [9.17, 15) is 0 Å². The summed E-state index contributed by atoms with van der Waals surface area (Å²) in [7, 11) is 3.20. The molecule has 6 heteroatoms. The Morgan fingerprint density at radius 3 is 2.19 bits per heavy atom. The summed E-state index contributed by atoms with van der Waals surface area (Å²) in [6.45, 7) is 0. The van der Waals surface area contributed by atoms with Crippen LogP contribution in [0.2, 0.25) is 5.02 Å². The van der Waals surface area contributed by atoms with Gasteiger partial charge in [-0.25, -0.2) is 0 Å². The standard InChI is InChI=1S/C21H19ClN2O2S/c1-25-19-11-9-16(13-17(19)22)23-21(27)24-18-12-15(8-10-20(18)26-2)14-6-4-3-5-7-14/h3-13H,1-2H3,(H2,23,24,27). The molecular formula is C21H19ClN2O2S. The summed E-state index contributed by atoms with van der Waals surface area (Å²) in [5.74, 6) is 1.31. The molecule has 0 radical (unpaired) electrons. The van der Waals surface area contributed by atoms with Gasteiger partial charge < -0.3 is 20.1 Å².